The number of hydrogen-bond donors (Lipinski definition) is 0. The molecule has 1 aliphatic rings. The predicted molar refractivity (Wildman–Crippen MR) is 40.2 cm³/mol. The summed E-state index contributed by atoms with van der Waals surface area (Å²) in [5.41, 5.74) is 0. The highest BCUT2D eigenvalue weighted by molar-refractivity contribution is 4.97. The molecule has 0 aromatic heterocycles. The lowest BCUT2D eigenvalue weighted by Gasteiger charge is -2.26. The first kappa shape index (κ1) is 6.66. The lowest BCUT2D eigenvalue weighted by atomic mass is 10.2. The quantitative estimate of drug-likeness (QED) is 0.518. The van der Waals surface area contributed by atoms with Crippen LogP contribution in [0.3, 0.4) is 0 Å². The molecule has 0 fully saturated rings. The molecule has 0 radical (unpaired) electrons. The first-order valence-electron chi connectivity index (χ1n) is 3.66. The van der Waals surface area contributed by atoms with Crippen molar-refractivity contribution in [2.45, 2.75) is 39.3 Å². The molecule has 0 spiro atoms. The Labute approximate surface area is 57.4 Å². The van der Waals surface area contributed by atoms with E-state index in [2.05, 4.69) is 37.9 Å². The van der Waals surface area contributed by atoms with Crippen LogP contribution in [0.1, 0.15) is 27.2 Å². The molecule has 1 rings (SSSR count). The van der Waals surface area contributed by atoms with Crippen molar-refractivity contribution in [3.05, 3.63) is 12.3 Å². The molecule has 0 amide bonds. The molecule has 0 saturated carbocycles. The molecule has 0 saturated heterocycles. The average Bonchev–Trinajstić information content (AvgIpc) is 2.13. The Balaban J connectivity index is 2.49. The van der Waals surface area contributed by atoms with Crippen LogP contribution in [-0.4, -0.2) is 17.0 Å². The summed E-state index contributed by atoms with van der Waals surface area (Å²) < 4.78 is 0. The minimum Gasteiger partial charge on any atom is -0.372 e. The fourth-order valence-corrected chi connectivity index (χ4v) is 1.33. The standard InChI is InChI=1S/C8H15N/c1-7(2)9-6-4-5-8(9)3/h4,6-8H,5H2,1-3H3/t8-/m1/s1. The number of nitrogens with zero attached hydrogens (tertiary/aromatic N) is 1. The molecule has 1 nitrogen and oxygen atoms in total. The second-order valence-corrected chi connectivity index (χ2v) is 3.01. The van der Waals surface area contributed by atoms with Gasteiger partial charge in [0.2, 0.25) is 0 Å². The van der Waals surface area contributed by atoms with Gasteiger partial charge in [0.15, 0.2) is 0 Å². The van der Waals surface area contributed by atoms with E-state index in [1.807, 2.05) is 0 Å². The van der Waals surface area contributed by atoms with Crippen LogP contribution in [0.2, 0.25) is 0 Å². The summed E-state index contributed by atoms with van der Waals surface area (Å²) in [4.78, 5) is 2.39. The minimum atomic E-state index is 0.666. The van der Waals surface area contributed by atoms with Crippen LogP contribution in [0, 0.1) is 0 Å². The largest absolute Gasteiger partial charge is 0.372 e. The van der Waals surface area contributed by atoms with E-state index in [0.717, 1.165) is 6.04 Å². The van der Waals surface area contributed by atoms with Crippen molar-refractivity contribution in [1.82, 2.24) is 4.90 Å². The van der Waals surface area contributed by atoms with E-state index in [4.69, 9.17) is 0 Å². The van der Waals surface area contributed by atoms with E-state index in [-0.39, 0.29) is 0 Å². The Morgan fingerprint density at radius 1 is 1.56 bits per heavy atom. The van der Waals surface area contributed by atoms with Crippen molar-refractivity contribution in [1.29, 1.82) is 0 Å². The summed E-state index contributed by atoms with van der Waals surface area (Å²) >= 11 is 0. The topological polar surface area (TPSA) is 3.24 Å². The Kier molecular flexibility index (Phi) is 1.79. The zero-order valence-corrected chi connectivity index (χ0v) is 6.46. The van der Waals surface area contributed by atoms with Gasteiger partial charge in [0, 0.05) is 12.1 Å². The van der Waals surface area contributed by atoms with Crippen LogP contribution < -0.4 is 0 Å². The van der Waals surface area contributed by atoms with Gasteiger partial charge in [0.25, 0.3) is 0 Å². The fraction of sp³-hybridized carbons (Fsp3) is 0.750. The molecule has 1 aliphatic heterocycles. The maximum atomic E-state index is 2.39. The Bertz CT molecular complexity index is 116. The van der Waals surface area contributed by atoms with Crippen LogP contribution in [0.5, 0.6) is 0 Å². The molecule has 52 valence electrons. The van der Waals surface area contributed by atoms with Gasteiger partial charge < -0.3 is 4.90 Å². The molecule has 0 bridgehead atoms. The smallest absolute Gasteiger partial charge is 0.0293 e. The summed E-state index contributed by atoms with van der Waals surface area (Å²) in [7, 11) is 0. The van der Waals surface area contributed by atoms with Gasteiger partial charge in [-0.2, -0.15) is 0 Å². The van der Waals surface area contributed by atoms with Gasteiger partial charge in [-0.3, -0.25) is 0 Å². The highest BCUT2D eigenvalue weighted by atomic mass is 15.2. The molecule has 0 unspecified atom stereocenters. The van der Waals surface area contributed by atoms with Crippen molar-refractivity contribution < 1.29 is 0 Å². The minimum absolute atomic E-state index is 0.666. The zero-order chi connectivity index (χ0) is 6.85. The summed E-state index contributed by atoms with van der Waals surface area (Å²) in [6.45, 7) is 6.72. The van der Waals surface area contributed by atoms with Crippen LogP contribution in [0.25, 0.3) is 0 Å². The molecule has 0 aliphatic carbocycles. The van der Waals surface area contributed by atoms with E-state index in [1.54, 1.807) is 0 Å². The average molecular weight is 125 g/mol. The Hall–Kier alpha value is -0.460. The monoisotopic (exact) mass is 125 g/mol. The van der Waals surface area contributed by atoms with E-state index in [0.29, 0.717) is 6.04 Å². The summed E-state index contributed by atoms with van der Waals surface area (Å²) in [5, 5.41) is 0. The lowest BCUT2D eigenvalue weighted by Crippen LogP contribution is -2.30. The second kappa shape index (κ2) is 2.42. The molecule has 0 aromatic rings. The van der Waals surface area contributed by atoms with Gasteiger partial charge in [-0.05, 0) is 33.4 Å². The molecule has 9 heavy (non-hydrogen) atoms. The third-order valence-electron chi connectivity index (χ3n) is 1.86. The molecule has 0 aromatic carbocycles. The maximum absolute atomic E-state index is 2.39. The molecular formula is C8H15N. The Morgan fingerprint density at radius 3 is 2.44 bits per heavy atom. The van der Waals surface area contributed by atoms with Gasteiger partial charge in [-0.25, -0.2) is 0 Å². The SMILES string of the molecule is CC(C)N1C=CC[C@H]1C. The van der Waals surface area contributed by atoms with Crippen molar-refractivity contribution >= 4 is 0 Å². The van der Waals surface area contributed by atoms with Crippen LogP contribution in [0.4, 0.5) is 0 Å². The van der Waals surface area contributed by atoms with Crippen molar-refractivity contribution in [3.63, 3.8) is 0 Å². The maximum Gasteiger partial charge on any atom is 0.0293 e. The third kappa shape index (κ3) is 1.26. The van der Waals surface area contributed by atoms with E-state index < -0.39 is 0 Å². The fourth-order valence-electron chi connectivity index (χ4n) is 1.33. The Morgan fingerprint density at radius 2 is 2.22 bits per heavy atom. The first-order chi connectivity index (χ1) is 4.22. The number of rotatable bonds is 1. The van der Waals surface area contributed by atoms with E-state index in [9.17, 15) is 0 Å². The van der Waals surface area contributed by atoms with Gasteiger partial charge in [0.1, 0.15) is 0 Å². The van der Waals surface area contributed by atoms with Gasteiger partial charge in [-0.15, -0.1) is 0 Å². The lowest BCUT2D eigenvalue weighted by molar-refractivity contribution is 0.263. The van der Waals surface area contributed by atoms with Crippen LogP contribution in [-0.2, 0) is 0 Å². The first-order valence-corrected chi connectivity index (χ1v) is 3.66. The number of hydrogen-bond acceptors (Lipinski definition) is 1. The highest BCUT2D eigenvalue weighted by Gasteiger charge is 2.15. The second-order valence-electron chi connectivity index (χ2n) is 3.01. The normalized spacial score (nSPS) is 26.2. The molecule has 0 N–H and O–H groups in total. The van der Waals surface area contributed by atoms with Gasteiger partial charge >= 0.3 is 0 Å². The van der Waals surface area contributed by atoms with Crippen molar-refractivity contribution in [2.24, 2.45) is 0 Å². The molecule has 1 atom stereocenters. The van der Waals surface area contributed by atoms with E-state index >= 15 is 0 Å². The summed E-state index contributed by atoms with van der Waals surface area (Å²) in [6.07, 6.45) is 5.66. The molecule has 1 heterocycles. The highest BCUT2D eigenvalue weighted by Crippen LogP contribution is 2.15. The van der Waals surface area contributed by atoms with E-state index in [1.165, 1.54) is 6.42 Å². The van der Waals surface area contributed by atoms with Crippen LogP contribution >= 0.6 is 0 Å². The predicted octanol–water partition coefficient (Wildman–Crippen LogP) is 2.00. The van der Waals surface area contributed by atoms with Gasteiger partial charge in [0.05, 0.1) is 0 Å². The molecule has 1 heteroatoms. The zero-order valence-electron chi connectivity index (χ0n) is 6.46. The molecular weight excluding hydrogens is 110 g/mol. The van der Waals surface area contributed by atoms with Crippen LogP contribution in [0.15, 0.2) is 12.3 Å². The summed E-state index contributed by atoms with van der Waals surface area (Å²) in [5.74, 6) is 0. The van der Waals surface area contributed by atoms with Crippen molar-refractivity contribution in [2.75, 3.05) is 0 Å². The summed E-state index contributed by atoms with van der Waals surface area (Å²) in [6, 6.07) is 1.39. The van der Waals surface area contributed by atoms with Crippen molar-refractivity contribution in [3.8, 4) is 0 Å². The third-order valence-corrected chi connectivity index (χ3v) is 1.86. The van der Waals surface area contributed by atoms with Gasteiger partial charge in [-0.1, -0.05) is 6.08 Å².